The molecule has 1 aromatic heterocycles. The second kappa shape index (κ2) is 5.63. The minimum Gasteiger partial charge on any atom is -0.475 e. The Balaban J connectivity index is 1.92. The van der Waals surface area contributed by atoms with Crippen LogP contribution in [-0.4, -0.2) is 52.2 Å². The SMILES string of the molecule is O=C(O)c1nc2ccc(CN3CCOCC3)cc2c(=O)[nH]1. The quantitative estimate of drug-likeness (QED) is 0.852. The third kappa shape index (κ3) is 2.93. The lowest BCUT2D eigenvalue weighted by Gasteiger charge is -2.26. The molecule has 7 nitrogen and oxygen atoms in total. The largest absolute Gasteiger partial charge is 0.475 e. The molecule has 7 heteroatoms. The number of hydrogen-bond donors (Lipinski definition) is 2. The highest BCUT2D eigenvalue weighted by Gasteiger charge is 2.13. The maximum atomic E-state index is 12.0. The number of carbonyl (C=O) groups is 1. The van der Waals surface area contributed by atoms with Gasteiger partial charge in [-0.15, -0.1) is 0 Å². The second-order valence-electron chi connectivity index (χ2n) is 4.96. The summed E-state index contributed by atoms with van der Waals surface area (Å²) in [7, 11) is 0. The molecule has 2 N–H and O–H groups in total. The van der Waals surface area contributed by atoms with Crippen LogP contribution in [0.25, 0.3) is 10.9 Å². The highest BCUT2D eigenvalue weighted by molar-refractivity contribution is 5.87. The molecule has 1 aromatic carbocycles. The van der Waals surface area contributed by atoms with Gasteiger partial charge in [-0.3, -0.25) is 9.69 Å². The van der Waals surface area contributed by atoms with Gasteiger partial charge in [0.1, 0.15) is 0 Å². The van der Waals surface area contributed by atoms with Crippen molar-refractivity contribution in [2.75, 3.05) is 26.3 Å². The number of nitrogens with one attached hydrogen (secondary N) is 1. The zero-order valence-electron chi connectivity index (χ0n) is 11.3. The fourth-order valence-electron chi connectivity index (χ4n) is 2.40. The van der Waals surface area contributed by atoms with Crippen molar-refractivity contribution in [1.29, 1.82) is 0 Å². The highest BCUT2D eigenvalue weighted by atomic mass is 16.5. The Morgan fingerprint density at radius 2 is 2.14 bits per heavy atom. The monoisotopic (exact) mass is 289 g/mol. The molecular formula is C14H15N3O4. The molecule has 0 aliphatic carbocycles. The fourth-order valence-corrected chi connectivity index (χ4v) is 2.40. The van der Waals surface area contributed by atoms with Crippen LogP contribution in [0.2, 0.25) is 0 Å². The maximum Gasteiger partial charge on any atom is 0.372 e. The molecule has 3 rings (SSSR count). The number of ether oxygens (including phenoxy) is 1. The van der Waals surface area contributed by atoms with Crippen LogP contribution in [0.15, 0.2) is 23.0 Å². The molecule has 0 saturated carbocycles. The molecule has 1 aliphatic heterocycles. The Hall–Kier alpha value is -2.25. The van der Waals surface area contributed by atoms with E-state index in [1.807, 2.05) is 6.07 Å². The van der Waals surface area contributed by atoms with E-state index in [1.54, 1.807) is 12.1 Å². The number of hydrogen-bond acceptors (Lipinski definition) is 5. The molecule has 2 aromatic rings. The number of carboxylic acids is 1. The summed E-state index contributed by atoms with van der Waals surface area (Å²) >= 11 is 0. The topological polar surface area (TPSA) is 95.5 Å². The number of aromatic nitrogens is 2. The van der Waals surface area contributed by atoms with Gasteiger partial charge in [-0.2, -0.15) is 0 Å². The van der Waals surface area contributed by atoms with E-state index >= 15 is 0 Å². The van der Waals surface area contributed by atoms with E-state index in [2.05, 4.69) is 14.9 Å². The third-order valence-electron chi connectivity index (χ3n) is 3.48. The summed E-state index contributed by atoms with van der Waals surface area (Å²) in [4.78, 5) is 31.3. The first-order valence-corrected chi connectivity index (χ1v) is 6.70. The lowest BCUT2D eigenvalue weighted by molar-refractivity contribution is 0.0342. The van der Waals surface area contributed by atoms with Crippen molar-refractivity contribution >= 4 is 16.9 Å². The van der Waals surface area contributed by atoms with Gasteiger partial charge in [0.05, 0.1) is 24.1 Å². The van der Waals surface area contributed by atoms with E-state index in [1.165, 1.54) is 0 Å². The van der Waals surface area contributed by atoms with Gasteiger partial charge in [-0.1, -0.05) is 6.07 Å². The normalized spacial score (nSPS) is 16.2. The summed E-state index contributed by atoms with van der Waals surface area (Å²) in [5.74, 6) is -1.58. The number of fused-ring (bicyclic) bond motifs is 1. The van der Waals surface area contributed by atoms with Gasteiger partial charge in [0.15, 0.2) is 0 Å². The van der Waals surface area contributed by atoms with Crippen LogP contribution in [0.4, 0.5) is 0 Å². The van der Waals surface area contributed by atoms with Crippen LogP contribution >= 0.6 is 0 Å². The minimum absolute atomic E-state index is 0.339. The van der Waals surface area contributed by atoms with Crippen LogP contribution in [0.1, 0.15) is 16.2 Å². The number of H-pyrrole nitrogens is 1. The average Bonchev–Trinajstić information content (AvgIpc) is 2.48. The molecule has 0 unspecified atom stereocenters. The number of benzene rings is 1. The van der Waals surface area contributed by atoms with Gasteiger partial charge in [0.2, 0.25) is 5.82 Å². The standard InChI is InChI=1S/C14H15N3O4/c18-13-10-7-9(8-17-3-5-21-6-4-17)1-2-11(10)15-12(16-13)14(19)20/h1-2,7H,3-6,8H2,(H,19,20)(H,15,16,18). The molecular weight excluding hydrogens is 274 g/mol. The molecule has 21 heavy (non-hydrogen) atoms. The number of rotatable bonds is 3. The number of nitrogens with zero attached hydrogens (tertiary/aromatic N) is 2. The van der Waals surface area contributed by atoms with Crippen molar-refractivity contribution in [2.45, 2.75) is 6.54 Å². The predicted octanol–water partition coefficient (Wildman–Crippen LogP) is 0.454. The second-order valence-corrected chi connectivity index (χ2v) is 4.96. The van der Waals surface area contributed by atoms with Crippen molar-refractivity contribution in [3.63, 3.8) is 0 Å². The van der Waals surface area contributed by atoms with E-state index in [0.29, 0.717) is 10.9 Å². The summed E-state index contributed by atoms with van der Waals surface area (Å²) in [5, 5.41) is 9.30. The zero-order valence-corrected chi connectivity index (χ0v) is 11.3. The molecule has 0 radical (unpaired) electrons. The average molecular weight is 289 g/mol. The summed E-state index contributed by atoms with van der Waals surface area (Å²) in [5.41, 5.74) is 0.961. The lowest BCUT2D eigenvalue weighted by Crippen LogP contribution is -2.35. The third-order valence-corrected chi connectivity index (χ3v) is 3.48. The Labute approximate surface area is 120 Å². The maximum absolute atomic E-state index is 12.0. The van der Waals surface area contributed by atoms with Crippen molar-refractivity contribution in [2.24, 2.45) is 0 Å². The Kier molecular flexibility index (Phi) is 3.68. The lowest BCUT2D eigenvalue weighted by atomic mass is 10.1. The van der Waals surface area contributed by atoms with Crippen LogP contribution in [0.5, 0.6) is 0 Å². The fraction of sp³-hybridized carbons (Fsp3) is 0.357. The molecule has 1 aliphatic rings. The number of aromatic amines is 1. The van der Waals surface area contributed by atoms with Crippen molar-refractivity contribution in [1.82, 2.24) is 14.9 Å². The van der Waals surface area contributed by atoms with Crippen LogP contribution in [-0.2, 0) is 11.3 Å². The first-order valence-electron chi connectivity index (χ1n) is 6.70. The molecule has 1 fully saturated rings. The Morgan fingerprint density at radius 1 is 1.38 bits per heavy atom. The number of aromatic carboxylic acids is 1. The summed E-state index contributed by atoms with van der Waals surface area (Å²) < 4.78 is 5.30. The van der Waals surface area contributed by atoms with Crippen LogP contribution in [0, 0.1) is 0 Å². The van der Waals surface area contributed by atoms with Crippen molar-refractivity contribution in [3.05, 3.63) is 39.9 Å². The van der Waals surface area contributed by atoms with Gasteiger partial charge >= 0.3 is 5.97 Å². The zero-order chi connectivity index (χ0) is 14.8. The van der Waals surface area contributed by atoms with Gasteiger partial charge in [-0.25, -0.2) is 9.78 Å². The number of morpholine rings is 1. The summed E-state index contributed by atoms with van der Waals surface area (Å²) in [6.07, 6.45) is 0. The minimum atomic E-state index is -1.24. The van der Waals surface area contributed by atoms with E-state index in [-0.39, 0.29) is 5.82 Å². The van der Waals surface area contributed by atoms with E-state index in [9.17, 15) is 9.59 Å². The first-order chi connectivity index (χ1) is 10.1. The molecule has 1 saturated heterocycles. The number of carboxylic acid groups (broad SMARTS) is 1. The van der Waals surface area contributed by atoms with E-state index < -0.39 is 11.5 Å². The molecule has 0 bridgehead atoms. The van der Waals surface area contributed by atoms with Gasteiger partial charge in [0.25, 0.3) is 5.56 Å². The molecule has 110 valence electrons. The van der Waals surface area contributed by atoms with Gasteiger partial charge in [-0.05, 0) is 17.7 Å². The van der Waals surface area contributed by atoms with Crippen LogP contribution < -0.4 is 5.56 Å². The van der Waals surface area contributed by atoms with E-state index in [0.717, 1.165) is 38.4 Å². The summed E-state index contributed by atoms with van der Waals surface area (Å²) in [6, 6.07) is 5.32. The van der Waals surface area contributed by atoms with Crippen LogP contribution in [0.3, 0.4) is 0 Å². The predicted molar refractivity (Wildman–Crippen MR) is 75.4 cm³/mol. The van der Waals surface area contributed by atoms with Crippen molar-refractivity contribution in [3.8, 4) is 0 Å². The smallest absolute Gasteiger partial charge is 0.372 e. The Morgan fingerprint density at radius 3 is 2.86 bits per heavy atom. The van der Waals surface area contributed by atoms with Gasteiger partial charge < -0.3 is 14.8 Å². The molecule has 0 spiro atoms. The Bertz CT molecular complexity index is 735. The molecule has 0 atom stereocenters. The first kappa shape index (κ1) is 13.7. The molecule has 0 amide bonds. The molecule has 2 heterocycles. The van der Waals surface area contributed by atoms with Gasteiger partial charge in [0, 0.05) is 19.6 Å². The summed E-state index contributed by atoms with van der Waals surface area (Å²) in [6.45, 7) is 3.91. The van der Waals surface area contributed by atoms with E-state index in [4.69, 9.17) is 9.84 Å². The van der Waals surface area contributed by atoms with Crippen molar-refractivity contribution < 1.29 is 14.6 Å². The highest BCUT2D eigenvalue weighted by Crippen LogP contribution is 2.13.